The van der Waals surface area contributed by atoms with Gasteiger partial charge in [-0.3, -0.25) is 4.98 Å². The monoisotopic (exact) mass is 534 g/mol. The van der Waals surface area contributed by atoms with Crippen molar-refractivity contribution < 1.29 is 36.2 Å². The number of nitrogens with two attached hydrogens (primary N) is 1. The Balaban J connectivity index is 0. The third kappa shape index (κ3) is 13.4. The second-order valence-electron chi connectivity index (χ2n) is 5.97. The summed E-state index contributed by atoms with van der Waals surface area (Å²) in [6.45, 7) is 10.7. The van der Waals surface area contributed by atoms with Crippen LogP contribution >= 0.6 is 0 Å². The van der Waals surface area contributed by atoms with Crippen LogP contribution in [0, 0.1) is 44.1 Å². The predicted molar refractivity (Wildman–Crippen MR) is 93.9 cm³/mol. The summed E-state index contributed by atoms with van der Waals surface area (Å²) < 4.78 is 0. The van der Waals surface area contributed by atoms with Gasteiger partial charge in [0.25, 0.3) is 0 Å². The molecular formula is C18H25BN2OU. The van der Waals surface area contributed by atoms with Gasteiger partial charge >= 0.3 is 31.1 Å². The van der Waals surface area contributed by atoms with Gasteiger partial charge in [0.15, 0.2) is 0 Å². The van der Waals surface area contributed by atoms with E-state index >= 15 is 0 Å². The zero-order valence-corrected chi connectivity index (χ0v) is 18.5. The minimum absolute atomic E-state index is 0. The van der Waals surface area contributed by atoms with Crippen LogP contribution in [0.1, 0.15) is 33.3 Å². The third-order valence-electron chi connectivity index (χ3n) is 3.06. The SMILES string of the molecule is CC(C)(N)C(C)(C)O.[B]c1c[c-]ccc1.[CH2-]c1ccncc1.[U+2]. The molecule has 0 aliphatic carbocycles. The Bertz CT molecular complexity index is 459. The van der Waals surface area contributed by atoms with Gasteiger partial charge in [-0.25, -0.2) is 0 Å². The van der Waals surface area contributed by atoms with Gasteiger partial charge in [-0.15, -0.1) is 12.1 Å². The van der Waals surface area contributed by atoms with Crippen LogP contribution in [-0.2, 0) is 0 Å². The number of pyridine rings is 1. The maximum Gasteiger partial charge on any atom is 2.00 e. The maximum absolute atomic E-state index is 9.23. The van der Waals surface area contributed by atoms with Crippen molar-refractivity contribution in [1.29, 1.82) is 0 Å². The molecule has 0 saturated heterocycles. The van der Waals surface area contributed by atoms with Gasteiger partial charge in [-0.1, -0.05) is 0 Å². The van der Waals surface area contributed by atoms with Crippen LogP contribution in [0.3, 0.4) is 0 Å². The predicted octanol–water partition coefficient (Wildman–Crippen LogP) is 2.04. The average Bonchev–Trinajstić information content (AvgIpc) is 2.39. The smallest absolute Gasteiger partial charge is 0.389 e. The van der Waals surface area contributed by atoms with E-state index in [0.717, 1.165) is 11.0 Å². The number of nitrogens with zero attached hydrogens (tertiary/aromatic N) is 1. The molecule has 0 aliphatic heterocycles. The van der Waals surface area contributed by atoms with Crippen LogP contribution in [0.2, 0.25) is 0 Å². The van der Waals surface area contributed by atoms with Gasteiger partial charge in [-0.05, 0) is 40.1 Å². The number of benzene rings is 1. The molecular weight excluding hydrogens is 509 g/mol. The fourth-order valence-electron chi connectivity index (χ4n) is 0.790. The van der Waals surface area contributed by atoms with Crippen LogP contribution in [-0.4, -0.2) is 29.1 Å². The summed E-state index contributed by atoms with van der Waals surface area (Å²) in [4.78, 5) is 3.81. The Hall–Kier alpha value is -0.723. The van der Waals surface area contributed by atoms with Gasteiger partial charge in [0.05, 0.1) is 5.60 Å². The fraction of sp³-hybridized carbons (Fsp3) is 0.333. The van der Waals surface area contributed by atoms with E-state index in [1.54, 1.807) is 46.2 Å². The molecule has 0 fully saturated rings. The number of hydrogen-bond acceptors (Lipinski definition) is 3. The fourth-order valence-corrected chi connectivity index (χ4v) is 0.790. The average molecular weight is 534 g/mol. The van der Waals surface area contributed by atoms with E-state index in [2.05, 4.69) is 18.0 Å². The molecule has 3 nitrogen and oxygen atoms in total. The van der Waals surface area contributed by atoms with Gasteiger partial charge in [0.1, 0.15) is 0 Å². The molecule has 5 heteroatoms. The molecule has 23 heavy (non-hydrogen) atoms. The van der Waals surface area contributed by atoms with Crippen LogP contribution in [0.15, 0.2) is 48.8 Å². The minimum atomic E-state index is -0.785. The first kappa shape index (κ1) is 24.5. The first-order valence-electron chi connectivity index (χ1n) is 6.99. The van der Waals surface area contributed by atoms with E-state index in [1.165, 1.54) is 0 Å². The second kappa shape index (κ2) is 11.8. The van der Waals surface area contributed by atoms with Crippen LogP contribution in [0.4, 0.5) is 0 Å². The van der Waals surface area contributed by atoms with Crippen LogP contribution < -0.4 is 11.2 Å². The number of rotatable bonds is 1. The normalized spacial score (nSPS) is 10.2. The van der Waals surface area contributed by atoms with Crippen molar-refractivity contribution in [3.05, 3.63) is 67.3 Å². The van der Waals surface area contributed by atoms with Gasteiger partial charge < -0.3 is 10.8 Å². The molecule has 1 aromatic heterocycles. The van der Waals surface area contributed by atoms with E-state index in [0.29, 0.717) is 0 Å². The Morgan fingerprint density at radius 1 is 1.17 bits per heavy atom. The molecule has 2 radical (unpaired) electrons. The maximum atomic E-state index is 9.23. The van der Waals surface area contributed by atoms with Crippen molar-refractivity contribution in [3.8, 4) is 0 Å². The van der Waals surface area contributed by atoms with Crippen molar-refractivity contribution in [2.24, 2.45) is 5.73 Å². The molecule has 0 saturated carbocycles. The first-order chi connectivity index (χ1) is 10.0. The Labute approximate surface area is 165 Å². The van der Waals surface area contributed by atoms with Crippen molar-refractivity contribution in [3.63, 3.8) is 0 Å². The van der Waals surface area contributed by atoms with Gasteiger partial charge in [-0.2, -0.15) is 48.3 Å². The molecule has 2 rings (SSSR count). The molecule has 120 valence electrons. The van der Waals surface area contributed by atoms with Gasteiger partial charge in [0.2, 0.25) is 0 Å². The largest absolute Gasteiger partial charge is 2.00 e. The summed E-state index contributed by atoms with van der Waals surface area (Å²) in [5.41, 5.74) is 6.05. The zero-order valence-electron chi connectivity index (χ0n) is 14.4. The molecule has 2 aromatic rings. The molecule has 0 aliphatic rings. The molecule has 1 aromatic carbocycles. The number of aromatic nitrogens is 1. The second-order valence-corrected chi connectivity index (χ2v) is 5.97. The summed E-state index contributed by atoms with van der Waals surface area (Å²) in [6.07, 6.45) is 3.45. The Kier molecular flexibility index (Phi) is 12.5. The van der Waals surface area contributed by atoms with E-state index in [-0.39, 0.29) is 31.1 Å². The summed E-state index contributed by atoms with van der Waals surface area (Å²) >= 11 is 0. The van der Waals surface area contributed by atoms with E-state index in [4.69, 9.17) is 13.6 Å². The Morgan fingerprint density at radius 2 is 1.65 bits per heavy atom. The molecule has 3 N–H and O–H groups in total. The summed E-state index contributed by atoms with van der Waals surface area (Å²) in [5.74, 6) is 0. The topological polar surface area (TPSA) is 59.1 Å². The molecule has 0 unspecified atom stereocenters. The molecule has 0 atom stereocenters. The Morgan fingerprint density at radius 3 is 1.83 bits per heavy atom. The van der Waals surface area contributed by atoms with Crippen molar-refractivity contribution in [2.45, 2.75) is 38.8 Å². The van der Waals surface area contributed by atoms with Crippen molar-refractivity contribution >= 4 is 13.3 Å². The molecule has 0 amide bonds. The third-order valence-corrected chi connectivity index (χ3v) is 3.06. The standard InChI is InChI=1S/C6H4B.C6H15NO.C6H6N.U/c7-6-4-2-1-3-5-6;1-5(2,7)6(3,4)8;1-6-2-4-7-5-3-6;/h1-2,4-5H;8H,7H2,1-4H3;2-5H,1H2;/q-1;;-1;+2. The summed E-state index contributed by atoms with van der Waals surface area (Å²) in [7, 11) is 5.33. The molecule has 1 heterocycles. The van der Waals surface area contributed by atoms with E-state index in [9.17, 15) is 5.11 Å². The summed E-state index contributed by atoms with van der Waals surface area (Å²) in [6, 6.07) is 13.8. The minimum Gasteiger partial charge on any atom is -0.389 e. The first-order valence-corrected chi connectivity index (χ1v) is 6.99. The quantitative estimate of drug-likeness (QED) is 0.435. The van der Waals surface area contributed by atoms with E-state index < -0.39 is 11.1 Å². The number of hydrogen-bond donors (Lipinski definition) is 2. The zero-order chi connectivity index (χ0) is 17.2. The van der Waals surface area contributed by atoms with Gasteiger partial charge in [0, 0.05) is 13.4 Å². The van der Waals surface area contributed by atoms with Crippen molar-refractivity contribution in [2.75, 3.05) is 0 Å². The summed E-state index contributed by atoms with van der Waals surface area (Å²) in [5, 5.41) is 9.23. The molecule has 0 spiro atoms. The van der Waals surface area contributed by atoms with Crippen LogP contribution in [0.25, 0.3) is 0 Å². The number of aliphatic hydroxyl groups is 1. The molecule has 0 bridgehead atoms. The van der Waals surface area contributed by atoms with Crippen LogP contribution in [0.5, 0.6) is 0 Å². The van der Waals surface area contributed by atoms with E-state index in [1.807, 2.05) is 30.3 Å². The van der Waals surface area contributed by atoms with Crippen molar-refractivity contribution in [1.82, 2.24) is 4.98 Å².